The Labute approximate surface area is 131 Å². The predicted molar refractivity (Wildman–Crippen MR) is 86.5 cm³/mol. The van der Waals surface area contributed by atoms with Crippen LogP contribution in [0.2, 0.25) is 0 Å². The molecule has 0 saturated carbocycles. The molecule has 2 heterocycles. The number of ether oxygens (including phenoxy) is 1. The van der Waals surface area contributed by atoms with Crippen LogP contribution >= 0.6 is 15.9 Å². The third-order valence-corrected chi connectivity index (χ3v) is 3.85. The highest BCUT2D eigenvalue weighted by molar-refractivity contribution is 9.10. The Morgan fingerprint density at radius 3 is 2.67 bits per heavy atom. The Bertz CT molecular complexity index is 790. The molecule has 4 heteroatoms. The number of hydrogen-bond donors (Lipinski definition) is 0. The van der Waals surface area contributed by atoms with E-state index in [1.165, 1.54) is 0 Å². The van der Waals surface area contributed by atoms with E-state index in [2.05, 4.69) is 15.9 Å². The van der Waals surface area contributed by atoms with Gasteiger partial charge in [0.15, 0.2) is 0 Å². The summed E-state index contributed by atoms with van der Waals surface area (Å²) in [6.45, 7) is 2.18. The van der Waals surface area contributed by atoms with Crippen LogP contribution in [0.1, 0.15) is 17.3 Å². The van der Waals surface area contributed by atoms with E-state index < -0.39 is 0 Å². The summed E-state index contributed by atoms with van der Waals surface area (Å²) in [4.78, 5) is 12.3. The molecule has 0 bridgehead atoms. The van der Waals surface area contributed by atoms with Gasteiger partial charge in [-0.25, -0.2) is 4.79 Å². The normalized spacial score (nSPS) is 10.8. The first-order chi connectivity index (χ1) is 10.2. The van der Waals surface area contributed by atoms with Crippen LogP contribution in [0.4, 0.5) is 0 Å². The monoisotopic (exact) mass is 343 g/mol. The van der Waals surface area contributed by atoms with E-state index in [9.17, 15) is 4.79 Å². The molecular weight excluding hydrogens is 330 g/mol. The van der Waals surface area contributed by atoms with Gasteiger partial charge >= 0.3 is 5.97 Å². The fourth-order valence-electron chi connectivity index (χ4n) is 2.39. The molecule has 3 rings (SSSR count). The van der Waals surface area contributed by atoms with Gasteiger partial charge in [0.25, 0.3) is 0 Å². The van der Waals surface area contributed by atoms with Crippen molar-refractivity contribution in [2.75, 3.05) is 6.61 Å². The number of carbonyl (C=O) groups excluding carboxylic acids is 1. The SMILES string of the molecule is CCOC(=O)c1c(-c2ccc(Br)cc2)cn2ccccc12. The minimum absolute atomic E-state index is 0.288. The number of rotatable bonds is 3. The van der Waals surface area contributed by atoms with Crippen molar-refractivity contribution in [3.8, 4) is 11.1 Å². The van der Waals surface area contributed by atoms with Crippen molar-refractivity contribution in [3.63, 3.8) is 0 Å². The van der Waals surface area contributed by atoms with Crippen LogP contribution < -0.4 is 0 Å². The van der Waals surface area contributed by atoms with Crippen LogP contribution in [0.25, 0.3) is 16.6 Å². The second-order valence-corrected chi connectivity index (χ2v) is 5.55. The molecule has 0 amide bonds. The van der Waals surface area contributed by atoms with E-state index in [1.54, 1.807) is 0 Å². The van der Waals surface area contributed by atoms with Crippen LogP contribution in [0.5, 0.6) is 0 Å². The molecular formula is C17H14BrNO2. The number of carbonyl (C=O) groups is 1. The van der Waals surface area contributed by atoms with Gasteiger partial charge in [0.1, 0.15) is 0 Å². The van der Waals surface area contributed by atoms with Gasteiger partial charge in [-0.1, -0.05) is 34.1 Å². The van der Waals surface area contributed by atoms with Crippen molar-refractivity contribution in [3.05, 3.63) is 64.9 Å². The number of esters is 1. The Hall–Kier alpha value is -2.07. The van der Waals surface area contributed by atoms with Gasteiger partial charge in [-0.3, -0.25) is 0 Å². The minimum atomic E-state index is -0.288. The second kappa shape index (κ2) is 5.74. The predicted octanol–water partition coefficient (Wildman–Crippen LogP) is 4.55. The highest BCUT2D eigenvalue weighted by Crippen LogP contribution is 2.30. The molecule has 0 atom stereocenters. The third-order valence-electron chi connectivity index (χ3n) is 3.32. The van der Waals surface area contributed by atoms with E-state index in [4.69, 9.17) is 4.74 Å². The van der Waals surface area contributed by atoms with E-state index >= 15 is 0 Å². The summed E-state index contributed by atoms with van der Waals surface area (Å²) in [6.07, 6.45) is 3.89. The van der Waals surface area contributed by atoms with Crippen LogP contribution in [0, 0.1) is 0 Å². The topological polar surface area (TPSA) is 30.7 Å². The molecule has 21 heavy (non-hydrogen) atoms. The van der Waals surface area contributed by atoms with E-state index in [1.807, 2.05) is 66.2 Å². The number of aromatic nitrogens is 1. The summed E-state index contributed by atoms with van der Waals surface area (Å²) >= 11 is 3.43. The second-order valence-electron chi connectivity index (χ2n) is 4.64. The lowest BCUT2D eigenvalue weighted by Gasteiger charge is -2.05. The fraction of sp³-hybridized carbons (Fsp3) is 0.118. The zero-order chi connectivity index (χ0) is 14.8. The first kappa shape index (κ1) is 13.9. The average Bonchev–Trinajstić information content (AvgIpc) is 2.87. The molecule has 106 valence electrons. The lowest BCUT2D eigenvalue weighted by Crippen LogP contribution is -2.05. The standard InChI is InChI=1S/C17H14BrNO2/c1-2-21-17(20)16-14(12-6-8-13(18)9-7-12)11-19-10-4-3-5-15(16)19/h3-11H,2H2,1H3. The molecule has 3 aromatic rings. The van der Waals surface area contributed by atoms with Crippen molar-refractivity contribution in [1.29, 1.82) is 0 Å². The van der Waals surface area contributed by atoms with Gasteiger partial charge in [-0.2, -0.15) is 0 Å². The molecule has 0 saturated heterocycles. The quantitative estimate of drug-likeness (QED) is 0.653. The van der Waals surface area contributed by atoms with Crippen molar-refractivity contribution >= 4 is 27.4 Å². The maximum Gasteiger partial charge on any atom is 0.340 e. The zero-order valence-corrected chi connectivity index (χ0v) is 13.1. The van der Waals surface area contributed by atoms with Crippen LogP contribution in [-0.4, -0.2) is 17.0 Å². The molecule has 0 unspecified atom stereocenters. The highest BCUT2D eigenvalue weighted by Gasteiger charge is 2.19. The number of hydrogen-bond acceptors (Lipinski definition) is 2. The molecule has 2 aromatic heterocycles. The molecule has 0 fully saturated rings. The number of pyridine rings is 1. The van der Waals surface area contributed by atoms with Crippen LogP contribution in [-0.2, 0) is 4.74 Å². The molecule has 0 aliphatic rings. The maximum absolute atomic E-state index is 12.3. The number of benzene rings is 1. The summed E-state index contributed by atoms with van der Waals surface area (Å²) in [5.74, 6) is -0.288. The molecule has 3 nitrogen and oxygen atoms in total. The average molecular weight is 344 g/mol. The van der Waals surface area contributed by atoms with E-state index in [0.717, 1.165) is 21.1 Å². The summed E-state index contributed by atoms with van der Waals surface area (Å²) in [5.41, 5.74) is 3.34. The van der Waals surface area contributed by atoms with Gasteiger partial charge < -0.3 is 9.14 Å². The molecule has 0 aliphatic carbocycles. The first-order valence-corrected chi connectivity index (χ1v) is 7.52. The van der Waals surface area contributed by atoms with Crippen molar-refractivity contribution < 1.29 is 9.53 Å². The summed E-state index contributed by atoms with van der Waals surface area (Å²) in [6, 6.07) is 13.7. The molecule has 0 N–H and O–H groups in total. The Kier molecular flexibility index (Phi) is 3.80. The summed E-state index contributed by atoms with van der Waals surface area (Å²) in [5, 5.41) is 0. The van der Waals surface area contributed by atoms with Crippen molar-refractivity contribution in [2.24, 2.45) is 0 Å². The third kappa shape index (κ3) is 2.59. The smallest absolute Gasteiger partial charge is 0.340 e. The summed E-state index contributed by atoms with van der Waals surface area (Å²) in [7, 11) is 0. The van der Waals surface area contributed by atoms with Gasteiger partial charge in [0.05, 0.1) is 17.7 Å². The zero-order valence-electron chi connectivity index (χ0n) is 11.5. The Balaban J connectivity index is 2.23. The maximum atomic E-state index is 12.3. The van der Waals surface area contributed by atoms with Gasteiger partial charge in [0, 0.05) is 22.4 Å². The molecule has 0 aliphatic heterocycles. The fourth-order valence-corrected chi connectivity index (χ4v) is 2.65. The van der Waals surface area contributed by atoms with Crippen molar-refractivity contribution in [1.82, 2.24) is 4.40 Å². The largest absolute Gasteiger partial charge is 0.462 e. The van der Waals surface area contributed by atoms with Gasteiger partial charge in [0.2, 0.25) is 0 Å². The molecule has 1 aromatic carbocycles. The van der Waals surface area contributed by atoms with E-state index in [-0.39, 0.29) is 5.97 Å². The number of halogens is 1. The Morgan fingerprint density at radius 1 is 1.19 bits per heavy atom. The first-order valence-electron chi connectivity index (χ1n) is 6.73. The Morgan fingerprint density at radius 2 is 1.95 bits per heavy atom. The van der Waals surface area contributed by atoms with Crippen LogP contribution in [0.15, 0.2) is 59.3 Å². The number of nitrogens with zero attached hydrogens (tertiary/aromatic N) is 1. The minimum Gasteiger partial charge on any atom is -0.462 e. The lowest BCUT2D eigenvalue weighted by molar-refractivity contribution is 0.0529. The van der Waals surface area contributed by atoms with E-state index in [0.29, 0.717) is 12.2 Å². The highest BCUT2D eigenvalue weighted by atomic mass is 79.9. The summed E-state index contributed by atoms with van der Waals surface area (Å²) < 4.78 is 8.17. The lowest BCUT2D eigenvalue weighted by atomic mass is 10.0. The molecule has 0 spiro atoms. The van der Waals surface area contributed by atoms with Gasteiger partial charge in [-0.15, -0.1) is 0 Å². The van der Waals surface area contributed by atoms with Gasteiger partial charge in [-0.05, 0) is 36.8 Å². The molecule has 0 radical (unpaired) electrons. The van der Waals surface area contributed by atoms with Crippen LogP contribution in [0.3, 0.4) is 0 Å². The number of fused-ring (bicyclic) bond motifs is 1. The van der Waals surface area contributed by atoms with Crippen molar-refractivity contribution in [2.45, 2.75) is 6.92 Å².